The van der Waals surface area contributed by atoms with Crippen LogP contribution >= 0.6 is 0 Å². The van der Waals surface area contributed by atoms with E-state index in [-0.39, 0.29) is 5.91 Å². The molecule has 1 amide bonds. The molecule has 0 saturated carbocycles. The standard InChI is InChI=1S/C13H17N3O/c1-14-7-2-3-13(17)16-11-4-5-12-10(9-11)6-8-15-12/h4-6,8-9,14-15H,2-3,7H2,1H3,(H,16,17). The average molecular weight is 231 g/mol. The SMILES string of the molecule is CNCCCC(=O)Nc1ccc2[nH]ccc2c1. The second-order valence-corrected chi connectivity index (χ2v) is 4.03. The molecular formula is C13H17N3O. The molecule has 1 aromatic carbocycles. The number of amides is 1. The first-order chi connectivity index (χ1) is 8.29. The predicted octanol–water partition coefficient (Wildman–Crippen LogP) is 2.11. The highest BCUT2D eigenvalue weighted by molar-refractivity contribution is 5.93. The van der Waals surface area contributed by atoms with Gasteiger partial charge < -0.3 is 15.6 Å². The number of fused-ring (bicyclic) bond motifs is 1. The maximum Gasteiger partial charge on any atom is 0.224 e. The number of H-pyrrole nitrogens is 1. The minimum absolute atomic E-state index is 0.0649. The van der Waals surface area contributed by atoms with Crippen LogP contribution in [-0.2, 0) is 4.79 Å². The van der Waals surface area contributed by atoms with Crippen molar-refractivity contribution in [2.45, 2.75) is 12.8 Å². The zero-order valence-corrected chi connectivity index (χ0v) is 9.92. The van der Waals surface area contributed by atoms with Crippen molar-refractivity contribution in [3.63, 3.8) is 0 Å². The Morgan fingerprint density at radius 1 is 1.35 bits per heavy atom. The van der Waals surface area contributed by atoms with Gasteiger partial charge in [-0.2, -0.15) is 0 Å². The van der Waals surface area contributed by atoms with E-state index in [0.717, 1.165) is 29.6 Å². The normalized spacial score (nSPS) is 10.6. The first-order valence-corrected chi connectivity index (χ1v) is 5.81. The summed E-state index contributed by atoms with van der Waals surface area (Å²) < 4.78 is 0. The number of hydrogen-bond acceptors (Lipinski definition) is 2. The molecular weight excluding hydrogens is 214 g/mol. The van der Waals surface area contributed by atoms with Gasteiger partial charge in [0.1, 0.15) is 0 Å². The summed E-state index contributed by atoms with van der Waals surface area (Å²) in [5, 5.41) is 7.03. The van der Waals surface area contributed by atoms with E-state index in [9.17, 15) is 4.79 Å². The number of anilines is 1. The molecule has 0 aliphatic heterocycles. The summed E-state index contributed by atoms with van der Waals surface area (Å²) in [6.07, 6.45) is 3.30. The van der Waals surface area contributed by atoms with E-state index in [1.807, 2.05) is 37.5 Å². The second-order valence-electron chi connectivity index (χ2n) is 4.03. The van der Waals surface area contributed by atoms with Crippen molar-refractivity contribution in [3.8, 4) is 0 Å². The van der Waals surface area contributed by atoms with Crippen LogP contribution in [-0.4, -0.2) is 24.5 Å². The number of aromatic nitrogens is 1. The van der Waals surface area contributed by atoms with Crippen LogP contribution in [0.25, 0.3) is 10.9 Å². The Morgan fingerprint density at radius 2 is 2.24 bits per heavy atom. The summed E-state index contributed by atoms with van der Waals surface area (Å²) in [5.41, 5.74) is 1.93. The van der Waals surface area contributed by atoms with E-state index in [1.54, 1.807) is 0 Å². The Labute approximate surface area is 100 Å². The van der Waals surface area contributed by atoms with Crippen molar-refractivity contribution in [3.05, 3.63) is 30.5 Å². The number of hydrogen-bond donors (Lipinski definition) is 3. The molecule has 0 saturated heterocycles. The summed E-state index contributed by atoms with van der Waals surface area (Å²) in [4.78, 5) is 14.7. The Morgan fingerprint density at radius 3 is 3.06 bits per heavy atom. The maximum atomic E-state index is 11.6. The number of benzene rings is 1. The maximum absolute atomic E-state index is 11.6. The fraction of sp³-hybridized carbons (Fsp3) is 0.308. The summed E-state index contributed by atoms with van der Waals surface area (Å²) >= 11 is 0. The Bertz CT molecular complexity index is 504. The molecule has 90 valence electrons. The van der Waals surface area contributed by atoms with Crippen molar-refractivity contribution in [2.75, 3.05) is 18.9 Å². The molecule has 4 heteroatoms. The number of nitrogens with one attached hydrogen (secondary N) is 3. The first-order valence-electron chi connectivity index (χ1n) is 5.81. The third-order valence-corrected chi connectivity index (χ3v) is 2.67. The molecule has 0 aliphatic carbocycles. The molecule has 0 unspecified atom stereocenters. The largest absolute Gasteiger partial charge is 0.361 e. The first kappa shape index (κ1) is 11.7. The molecule has 17 heavy (non-hydrogen) atoms. The van der Waals surface area contributed by atoms with E-state index < -0.39 is 0 Å². The lowest BCUT2D eigenvalue weighted by molar-refractivity contribution is -0.116. The van der Waals surface area contributed by atoms with E-state index >= 15 is 0 Å². The van der Waals surface area contributed by atoms with Gasteiger partial charge >= 0.3 is 0 Å². The van der Waals surface area contributed by atoms with Crippen LogP contribution in [0.5, 0.6) is 0 Å². The molecule has 0 bridgehead atoms. The minimum atomic E-state index is 0.0649. The molecule has 2 aromatic rings. The van der Waals surface area contributed by atoms with Gasteiger partial charge in [0.05, 0.1) is 0 Å². The molecule has 1 heterocycles. The van der Waals surface area contributed by atoms with Gasteiger partial charge in [0.25, 0.3) is 0 Å². The lowest BCUT2D eigenvalue weighted by Gasteiger charge is -2.05. The van der Waals surface area contributed by atoms with Gasteiger partial charge in [-0.3, -0.25) is 4.79 Å². The topological polar surface area (TPSA) is 56.9 Å². The second kappa shape index (κ2) is 5.50. The van der Waals surface area contributed by atoms with Crippen molar-refractivity contribution in [1.29, 1.82) is 0 Å². The molecule has 0 atom stereocenters. The van der Waals surface area contributed by atoms with Crippen LogP contribution < -0.4 is 10.6 Å². The Balaban J connectivity index is 1.95. The Kier molecular flexibility index (Phi) is 3.77. The van der Waals surface area contributed by atoms with Crippen LogP contribution in [0, 0.1) is 0 Å². The lowest BCUT2D eigenvalue weighted by atomic mass is 10.2. The van der Waals surface area contributed by atoms with Crippen LogP contribution in [0.2, 0.25) is 0 Å². The Hall–Kier alpha value is -1.81. The summed E-state index contributed by atoms with van der Waals surface area (Å²) in [6, 6.07) is 7.85. The smallest absolute Gasteiger partial charge is 0.224 e. The van der Waals surface area contributed by atoms with Crippen molar-refractivity contribution < 1.29 is 4.79 Å². The van der Waals surface area contributed by atoms with Gasteiger partial charge in [0.15, 0.2) is 0 Å². The highest BCUT2D eigenvalue weighted by Gasteiger charge is 2.02. The third-order valence-electron chi connectivity index (χ3n) is 2.67. The third kappa shape index (κ3) is 3.07. The monoisotopic (exact) mass is 231 g/mol. The molecule has 0 aliphatic rings. The number of rotatable bonds is 5. The number of aromatic amines is 1. The van der Waals surface area contributed by atoms with Crippen LogP contribution in [0.3, 0.4) is 0 Å². The van der Waals surface area contributed by atoms with Crippen molar-refractivity contribution >= 4 is 22.5 Å². The fourth-order valence-corrected chi connectivity index (χ4v) is 1.78. The zero-order chi connectivity index (χ0) is 12.1. The summed E-state index contributed by atoms with van der Waals surface area (Å²) in [5.74, 6) is 0.0649. The molecule has 2 rings (SSSR count). The van der Waals surface area contributed by atoms with Crippen molar-refractivity contribution in [1.82, 2.24) is 10.3 Å². The number of carbonyl (C=O) groups excluding carboxylic acids is 1. The van der Waals surface area contributed by atoms with E-state index in [1.165, 1.54) is 0 Å². The minimum Gasteiger partial charge on any atom is -0.361 e. The van der Waals surface area contributed by atoms with Gasteiger partial charge in [0, 0.05) is 29.2 Å². The van der Waals surface area contributed by atoms with Gasteiger partial charge in [-0.25, -0.2) is 0 Å². The van der Waals surface area contributed by atoms with Crippen LogP contribution in [0.4, 0.5) is 5.69 Å². The number of carbonyl (C=O) groups is 1. The lowest BCUT2D eigenvalue weighted by Crippen LogP contribution is -2.15. The van der Waals surface area contributed by atoms with Gasteiger partial charge in [-0.15, -0.1) is 0 Å². The predicted molar refractivity (Wildman–Crippen MR) is 70.1 cm³/mol. The van der Waals surface area contributed by atoms with Gasteiger partial charge in [0.2, 0.25) is 5.91 Å². The molecule has 0 fully saturated rings. The van der Waals surface area contributed by atoms with Crippen molar-refractivity contribution in [2.24, 2.45) is 0 Å². The van der Waals surface area contributed by atoms with E-state index in [4.69, 9.17) is 0 Å². The van der Waals surface area contributed by atoms with E-state index in [0.29, 0.717) is 6.42 Å². The quantitative estimate of drug-likeness (QED) is 0.690. The van der Waals surface area contributed by atoms with Gasteiger partial charge in [-0.05, 0) is 44.3 Å². The highest BCUT2D eigenvalue weighted by atomic mass is 16.1. The van der Waals surface area contributed by atoms with Crippen LogP contribution in [0.1, 0.15) is 12.8 Å². The molecule has 0 radical (unpaired) electrons. The fourth-order valence-electron chi connectivity index (χ4n) is 1.78. The molecule has 1 aromatic heterocycles. The van der Waals surface area contributed by atoms with E-state index in [2.05, 4.69) is 15.6 Å². The van der Waals surface area contributed by atoms with Gasteiger partial charge in [-0.1, -0.05) is 0 Å². The average Bonchev–Trinajstić information content (AvgIpc) is 2.76. The zero-order valence-electron chi connectivity index (χ0n) is 9.92. The molecule has 4 nitrogen and oxygen atoms in total. The van der Waals surface area contributed by atoms with Crippen LogP contribution in [0.15, 0.2) is 30.5 Å². The highest BCUT2D eigenvalue weighted by Crippen LogP contribution is 2.17. The summed E-state index contributed by atoms with van der Waals surface area (Å²) in [7, 11) is 1.89. The summed E-state index contributed by atoms with van der Waals surface area (Å²) in [6.45, 7) is 0.865. The molecule has 0 spiro atoms. The molecule has 3 N–H and O–H groups in total.